The average Bonchev–Trinajstić information content (AvgIpc) is 2.52. The fourth-order valence-electron chi connectivity index (χ4n) is 2.55. The van der Waals surface area contributed by atoms with Gasteiger partial charge in [-0.05, 0) is 12.3 Å². The Bertz CT molecular complexity index is 151. The molecule has 88 valence electrons. The first-order valence-electron chi connectivity index (χ1n) is 6.60. The first kappa shape index (κ1) is 12.5. The van der Waals surface area contributed by atoms with Gasteiger partial charge in [0.2, 0.25) is 6.41 Å². The van der Waals surface area contributed by atoms with Crippen molar-refractivity contribution in [2.75, 3.05) is 6.54 Å². The van der Waals surface area contributed by atoms with Gasteiger partial charge in [-0.2, -0.15) is 0 Å². The summed E-state index contributed by atoms with van der Waals surface area (Å²) in [5.74, 6) is 1.01. The topological polar surface area (TPSA) is 29.1 Å². The molecule has 0 spiro atoms. The fraction of sp³-hybridized carbons (Fsp3) is 0.923. The number of carbonyl (C=O) groups excluding carboxylic acids is 1. The van der Waals surface area contributed by atoms with Crippen molar-refractivity contribution in [1.29, 1.82) is 0 Å². The van der Waals surface area contributed by atoms with Crippen molar-refractivity contribution >= 4 is 6.41 Å². The van der Waals surface area contributed by atoms with Crippen LogP contribution in [0, 0.1) is 5.92 Å². The lowest BCUT2D eigenvalue weighted by atomic mass is 9.94. The maximum Gasteiger partial charge on any atom is 0.207 e. The van der Waals surface area contributed by atoms with E-state index in [0.717, 1.165) is 25.3 Å². The zero-order chi connectivity index (χ0) is 10.8. The lowest BCUT2D eigenvalue weighted by molar-refractivity contribution is -0.109. The first-order valence-corrected chi connectivity index (χ1v) is 6.60. The summed E-state index contributed by atoms with van der Waals surface area (Å²) in [5, 5.41) is 2.72. The molecule has 0 unspecified atom stereocenters. The number of hydrogen-bond acceptors (Lipinski definition) is 1. The largest absolute Gasteiger partial charge is 0.359 e. The van der Waals surface area contributed by atoms with E-state index in [1.54, 1.807) is 0 Å². The van der Waals surface area contributed by atoms with Crippen LogP contribution in [0.2, 0.25) is 0 Å². The summed E-state index contributed by atoms with van der Waals surface area (Å²) in [5.41, 5.74) is 0. The monoisotopic (exact) mass is 211 g/mol. The van der Waals surface area contributed by atoms with Crippen LogP contribution in [0.3, 0.4) is 0 Å². The van der Waals surface area contributed by atoms with Crippen molar-refractivity contribution in [2.45, 2.75) is 64.2 Å². The van der Waals surface area contributed by atoms with Crippen molar-refractivity contribution in [1.82, 2.24) is 5.32 Å². The molecule has 1 rings (SSSR count). The molecule has 0 saturated heterocycles. The molecule has 0 atom stereocenters. The molecule has 0 aromatic rings. The minimum atomic E-state index is 0.797. The van der Waals surface area contributed by atoms with E-state index >= 15 is 0 Å². The Morgan fingerprint density at radius 2 is 1.73 bits per heavy atom. The molecule has 1 N–H and O–H groups in total. The van der Waals surface area contributed by atoms with Crippen LogP contribution in [0.1, 0.15) is 64.2 Å². The molecule has 2 nitrogen and oxygen atoms in total. The quantitative estimate of drug-likeness (QED) is 0.391. The van der Waals surface area contributed by atoms with E-state index in [-0.39, 0.29) is 0 Å². The van der Waals surface area contributed by atoms with Gasteiger partial charge in [0.25, 0.3) is 0 Å². The van der Waals surface area contributed by atoms with Crippen LogP contribution in [-0.4, -0.2) is 13.0 Å². The van der Waals surface area contributed by atoms with Crippen molar-refractivity contribution in [2.24, 2.45) is 5.92 Å². The number of unbranched alkanes of at least 4 members (excludes halogenated alkanes) is 2. The summed E-state index contributed by atoms with van der Waals surface area (Å²) < 4.78 is 0. The highest BCUT2D eigenvalue weighted by molar-refractivity contribution is 5.45. The first-order chi connectivity index (χ1) is 7.43. The van der Waals surface area contributed by atoms with Gasteiger partial charge in [-0.25, -0.2) is 0 Å². The maximum atomic E-state index is 10.0. The van der Waals surface area contributed by atoms with Gasteiger partial charge in [-0.15, -0.1) is 0 Å². The highest BCUT2D eigenvalue weighted by Gasteiger charge is 2.11. The Labute approximate surface area is 93.8 Å². The molecule has 1 amide bonds. The van der Waals surface area contributed by atoms with E-state index in [9.17, 15) is 4.79 Å². The van der Waals surface area contributed by atoms with Gasteiger partial charge in [0, 0.05) is 6.54 Å². The number of amides is 1. The van der Waals surface area contributed by atoms with Crippen LogP contribution in [0.4, 0.5) is 0 Å². The molecule has 1 aliphatic rings. The van der Waals surface area contributed by atoms with Crippen LogP contribution in [0.25, 0.3) is 0 Å². The second-order valence-electron chi connectivity index (χ2n) is 4.78. The normalized spacial score (nSPS) is 18.4. The predicted octanol–water partition coefficient (Wildman–Crippen LogP) is 3.26. The number of rotatable bonds is 7. The lowest BCUT2D eigenvalue weighted by Crippen LogP contribution is -2.11. The standard InChI is InChI=1S/C13H25NO/c15-12-14-11-7-3-6-10-13-8-4-1-2-5-9-13/h12-13H,1-11H2,(H,14,15). The molecule has 0 aromatic carbocycles. The summed E-state index contributed by atoms with van der Waals surface area (Å²) in [6, 6.07) is 0. The molecule has 0 aromatic heterocycles. The lowest BCUT2D eigenvalue weighted by Gasteiger charge is -2.13. The Hall–Kier alpha value is -0.530. The Morgan fingerprint density at radius 3 is 2.40 bits per heavy atom. The molecule has 1 fully saturated rings. The Balaban J connectivity index is 1.91. The third kappa shape index (κ3) is 6.53. The minimum absolute atomic E-state index is 0.797. The molecular weight excluding hydrogens is 186 g/mol. The molecule has 2 heteroatoms. The average molecular weight is 211 g/mol. The minimum Gasteiger partial charge on any atom is -0.359 e. The molecule has 1 aliphatic carbocycles. The molecular formula is C13H25NO. The molecule has 0 heterocycles. The summed E-state index contributed by atoms with van der Waals surface area (Å²) in [7, 11) is 0. The van der Waals surface area contributed by atoms with Crippen molar-refractivity contribution < 1.29 is 4.79 Å². The number of nitrogens with one attached hydrogen (secondary N) is 1. The highest BCUT2D eigenvalue weighted by atomic mass is 16.1. The van der Waals surface area contributed by atoms with E-state index in [0.29, 0.717) is 0 Å². The van der Waals surface area contributed by atoms with Gasteiger partial charge >= 0.3 is 0 Å². The van der Waals surface area contributed by atoms with Crippen molar-refractivity contribution in [3.05, 3.63) is 0 Å². The molecule has 1 saturated carbocycles. The van der Waals surface area contributed by atoms with Crippen LogP contribution in [0.5, 0.6) is 0 Å². The zero-order valence-corrected chi connectivity index (χ0v) is 9.84. The SMILES string of the molecule is O=CNCCCCCC1CCCCCC1. The van der Waals surface area contributed by atoms with Gasteiger partial charge in [-0.3, -0.25) is 4.79 Å². The van der Waals surface area contributed by atoms with Crippen LogP contribution >= 0.6 is 0 Å². The van der Waals surface area contributed by atoms with Gasteiger partial charge in [0.1, 0.15) is 0 Å². The molecule has 0 aliphatic heterocycles. The van der Waals surface area contributed by atoms with Gasteiger partial charge in [0.15, 0.2) is 0 Å². The Morgan fingerprint density at radius 1 is 1.00 bits per heavy atom. The summed E-state index contributed by atoms with van der Waals surface area (Å²) in [4.78, 5) is 10.0. The van der Waals surface area contributed by atoms with Gasteiger partial charge in [-0.1, -0.05) is 57.8 Å². The third-order valence-corrected chi connectivity index (χ3v) is 3.49. The van der Waals surface area contributed by atoms with Crippen molar-refractivity contribution in [3.63, 3.8) is 0 Å². The number of hydrogen-bond donors (Lipinski definition) is 1. The van der Waals surface area contributed by atoms with E-state index in [4.69, 9.17) is 0 Å². The molecule has 15 heavy (non-hydrogen) atoms. The Kier molecular flexibility index (Phi) is 7.32. The number of carbonyl (C=O) groups is 1. The predicted molar refractivity (Wildman–Crippen MR) is 63.7 cm³/mol. The zero-order valence-electron chi connectivity index (χ0n) is 9.84. The van der Waals surface area contributed by atoms with Crippen molar-refractivity contribution in [3.8, 4) is 0 Å². The van der Waals surface area contributed by atoms with E-state index in [2.05, 4.69) is 5.32 Å². The third-order valence-electron chi connectivity index (χ3n) is 3.49. The summed E-state index contributed by atoms with van der Waals surface area (Å²) in [6.45, 7) is 0.855. The van der Waals surface area contributed by atoms with Gasteiger partial charge < -0.3 is 5.32 Å². The summed E-state index contributed by atoms with van der Waals surface area (Å²) in [6.07, 6.45) is 14.7. The second kappa shape index (κ2) is 8.75. The van der Waals surface area contributed by atoms with E-state index in [1.807, 2.05) is 0 Å². The summed E-state index contributed by atoms with van der Waals surface area (Å²) >= 11 is 0. The van der Waals surface area contributed by atoms with Crippen LogP contribution in [0.15, 0.2) is 0 Å². The fourth-order valence-corrected chi connectivity index (χ4v) is 2.55. The van der Waals surface area contributed by atoms with Crippen LogP contribution in [-0.2, 0) is 4.79 Å². The van der Waals surface area contributed by atoms with Crippen LogP contribution < -0.4 is 5.32 Å². The van der Waals surface area contributed by atoms with E-state index in [1.165, 1.54) is 57.8 Å². The molecule has 0 radical (unpaired) electrons. The highest BCUT2D eigenvalue weighted by Crippen LogP contribution is 2.26. The van der Waals surface area contributed by atoms with Gasteiger partial charge in [0.05, 0.1) is 0 Å². The maximum absolute atomic E-state index is 10.0. The molecule has 0 bridgehead atoms. The second-order valence-corrected chi connectivity index (χ2v) is 4.78. The smallest absolute Gasteiger partial charge is 0.207 e. The van der Waals surface area contributed by atoms with E-state index < -0.39 is 0 Å².